The third kappa shape index (κ3) is 3.79. The van der Waals surface area contributed by atoms with Gasteiger partial charge in [0.05, 0.1) is 0 Å². The molecule has 0 fully saturated rings. The van der Waals surface area contributed by atoms with Gasteiger partial charge in [-0.05, 0) is 0 Å². The Morgan fingerprint density at radius 2 is 2.54 bits per heavy atom. The quantitative estimate of drug-likeness (QED) is 0.407. The summed E-state index contributed by atoms with van der Waals surface area (Å²) in [6.45, 7) is 1.73. The first-order valence-corrected chi connectivity index (χ1v) is 4.61. The predicted molar refractivity (Wildman–Crippen MR) is 48.2 cm³/mol. The van der Waals surface area contributed by atoms with E-state index in [-0.39, 0.29) is 11.9 Å². The molecule has 0 unspecified atom stereocenters. The molecule has 0 saturated heterocycles. The molecule has 72 valence electrons. The van der Waals surface area contributed by atoms with Crippen molar-refractivity contribution in [3.8, 4) is 0 Å². The number of anilines is 1. The second kappa shape index (κ2) is 4.70. The van der Waals surface area contributed by atoms with E-state index in [1.54, 1.807) is 0 Å². The van der Waals surface area contributed by atoms with Gasteiger partial charge in [-0.15, -0.1) is 5.10 Å². The highest BCUT2D eigenvalue weighted by atomic mass is 32.2. The van der Waals surface area contributed by atoms with Crippen LogP contribution in [0.25, 0.3) is 0 Å². The predicted octanol–water partition coefficient (Wildman–Crippen LogP) is 0.0421. The molecule has 0 spiro atoms. The van der Waals surface area contributed by atoms with Gasteiger partial charge < -0.3 is 10.5 Å². The van der Waals surface area contributed by atoms with Crippen LogP contribution >= 0.6 is 11.8 Å². The van der Waals surface area contributed by atoms with E-state index in [1.165, 1.54) is 18.7 Å². The SMILES string of the molecule is CC(=O)OCCSc1n[nH]c(N)n1. The van der Waals surface area contributed by atoms with Crippen LogP contribution in [-0.4, -0.2) is 33.5 Å². The van der Waals surface area contributed by atoms with Gasteiger partial charge in [-0.1, -0.05) is 11.8 Å². The molecular weight excluding hydrogens is 192 g/mol. The first-order chi connectivity index (χ1) is 6.18. The van der Waals surface area contributed by atoms with Crippen LogP contribution in [0.5, 0.6) is 0 Å². The van der Waals surface area contributed by atoms with Crippen LogP contribution in [0.2, 0.25) is 0 Å². The molecule has 13 heavy (non-hydrogen) atoms. The molecule has 0 amide bonds. The normalized spacial score (nSPS) is 9.92. The van der Waals surface area contributed by atoms with Crippen molar-refractivity contribution in [2.24, 2.45) is 0 Å². The minimum Gasteiger partial charge on any atom is -0.465 e. The molecule has 6 nitrogen and oxygen atoms in total. The monoisotopic (exact) mass is 202 g/mol. The van der Waals surface area contributed by atoms with E-state index in [0.29, 0.717) is 17.5 Å². The Labute approximate surface area is 79.2 Å². The molecule has 0 atom stereocenters. The van der Waals surface area contributed by atoms with Crippen LogP contribution in [0.3, 0.4) is 0 Å². The van der Waals surface area contributed by atoms with Gasteiger partial charge in [-0.2, -0.15) is 4.98 Å². The molecule has 0 aliphatic carbocycles. The molecule has 3 N–H and O–H groups in total. The van der Waals surface area contributed by atoms with Crippen molar-refractivity contribution < 1.29 is 9.53 Å². The lowest BCUT2D eigenvalue weighted by Gasteiger charge is -1.97. The zero-order valence-electron chi connectivity index (χ0n) is 7.11. The number of nitrogens with one attached hydrogen (secondary N) is 1. The average molecular weight is 202 g/mol. The highest BCUT2D eigenvalue weighted by molar-refractivity contribution is 7.99. The summed E-state index contributed by atoms with van der Waals surface area (Å²) in [7, 11) is 0. The number of carbonyl (C=O) groups excluding carboxylic acids is 1. The highest BCUT2D eigenvalue weighted by Gasteiger charge is 2.00. The molecule has 1 aromatic heterocycles. The number of aromatic amines is 1. The van der Waals surface area contributed by atoms with Gasteiger partial charge in [0.1, 0.15) is 6.61 Å². The van der Waals surface area contributed by atoms with Gasteiger partial charge in [0.2, 0.25) is 11.1 Å². The smallest absolute Gasteiger partial charge is 0.302 e. The molecule has 1 heterocycles. The Morgan fingerprint density at radius 1 is 1.77 bits per heavy atom. The fraction of sp³-hybridized carbons (Fsp3) is 0.500. The molecule has 0 saturated carbocycles. The molecule has 0 aliphatic rings. The van der Waals surface area contributed by atoms with Crippen LogP contribution in [-0.2, 0) is 9.53 Å². The number of rotatable bonds is 4. The zero-order valence-corrected chi connectivity index (χ0v) is 7.93. The van der Waals surface area contributed by atoms with E-state index in [4.69, 9.17) is 10.5 Å². The third-order valence-electron chi connectivity index (χ3n) is 1.10. The lowest BCUT2D eigenvalue weighted by molar-refractivity contribution is -0.140. The van der Waals surface area contributed by atoms with Crippen molar-refractivity contribution in [2.45, 2.75) is 12.1 Å². The maximum absolute atomic E-state index is 10.4. The van der Waals surface area contributed by atoms with E-state index >= 15 is 0 Å². The first-order valence-electron chi connectivity index (χ1n) is 3.62. The number of carbonyl (C=O) groups is 1. The number of thioether (sulfide) groups is 1. The number of esters is 1. The number of nitrogen functional groups attached to an aromatic ring is 1. The van der Waals surface area contributed by atoms with Gasteiger partial charge >= 0.3 is 5.97 Å². The van der Waals surface area contributed by atoms with Crippen LogP contribution in [0, 0.1) is 0 Å². The second-order valence-corrected chi connectivity index (χ2v) is 3.25. The van der Waals surface area contributed by atoms with E-state index in [2.05, 4.69) is 15.2 Å². The summed E-state index contributed by atoms with van der Waals surface area (Å²) in [5, 5.41) is 6.86. The second-order valence-electron chi connectivity index (χ2n) is 2.19. The van der Waals surface area contributed by atoms with Gasteiger partial charge in [-0.25, -0.2) is 5.10 Å². The number of nitrogens with two attached hydrogens (primary N) is 1. The number of hydrogen-bond acceptors (Lipinski definition) is 6. The Morgan fingerprint density at radius 3 is 3.08 bits per heavy atom. The van der Waals surface area contributed by atoms with Gasteiger partial charge in [0.25, 0.3) is 0 Å². The van der Waals surface area contributed by atoms with Crippen molar-refractivity contribution in [1.82, 2.24) is 15.2 Å². The number of H-pyrrole nitrogens is 1. The lowest BCUT2D eigenvalue weighted by Crippen LogP contribution is -2.02. The Kier molecular flexibility index (Phi) is 3.56. The van der Waals surface area contributed by atoms with Crippen molar-refractivity contribution in [1.29, 1.82) is 0 Å². The van der Waals surface area contributed by atoms with Crippen LogP contribution < -0.4 is 5.73 Å². The topological polar surface area (TPSA) is 93.9 Å². The van der Waals surface area contributed by atoms with Crippen molar-refractivity contribution >= 4 is 23.7 Å². The summed E-state index contributed by atoms with van der Waals surface area (Å²) < 4.78 is 4.71. The lowest BCUT2D eigenvalue weighted by atomic mass is 10.8. The number of hydrogen-bond donors (Lipinski definition) is 2. The van der Waals surface area contributed by atoms with Gasteiger partial charge in [0.15, 0.2) is 0 Å². The van der Waals surface area contributed by atoms with Crippen molar-refractivity contribution in [3.05, 3.63) is 0 Å². The summed E-state index contributed by atoms with van der Waals surface area (Å²) >= 11 is 1.37. The van der Waals surface area contributed by atoms with Crippen LogP contribution in [0.15, 0.2) is 5.16 Å². The number of nitrogens with zero attached hydrogens (tertiary/aromatic N) is 2. The maximum atomic E-state index is 10.4. The first kappa shape index (κ1) is 9.85. The van der Waals surface area contributed by atoms with Gasteiger partial charge in [-0.3, -0.25) is 4.79 Å². The van der Waals surface area contributed by atoms with Gasteiger partial charge in [0, 0.05) is 12.7 Å². The molecular formula is C6H10N4O2S. The standard InChI is InChI=1S/C6H10N4O2S/c1-4(11)12-2-3-13-6-8-5(7)9-10-6/h2-3H2,1H3,(H3,7,8,9,10). The van der Waals surface area contributed by atoms with E-state index in [9.17, 15) is 4.79 Å². The Hall–Kier alpha value is -1.24. The van der Waals surface area contributed by atoms with Crippen molar-refractivity contribution in [3.63, 3.8) is 0 Å². The fourth-order valence-electron chi connectivity index (χ4n) is 0.641. The van der Waals surface area contributed by atoms with E-state index < -0.39 is 0 Å². The molecule has 1 rings (SSSR count). The minimum absolute atomic E-state index is 0.282. The van der Waals surface area contributed by atoms with Crippen LogP contribution in [0.4, 0.5) is 5.95 Å². The molecule has 0 aliphatic heterocycles. The molecule has 0 bridgehead atoms. The number of ether oxygens (including phenoxy) is 1. The highest BCUT2D eigenvalue weighted by Crippen LogP contribution is 2.11. The van der Waals surface area contributed by atoms with Crippen LogP contribution in [0.1, 0.15) is 6.92 Å². The third-order valence-corrected chi connectivity index (χ3v) is 1.91. The van der Waals surface area contributed by atoms with E-state index in [0.717, 1.165) is 0 Å². The summed E-state index contributed by atoms with van der Waals surface area (Å²) in [6.07, 6.45) is 0. The summed E-state index contributed by atoms with van der Waals surface area (Å²) in [4.78, 5) is 14.2. The fourth-order valence-corrected chi connectivity index (χ4v) is 1.26. The Balaban J connectivity index is 2.16. The molecule has 7 heteroatoms. The maximum Gasteiger partial charge on any atom is 0.302 e. The minimum atomic E-state index is -0.282. The molecule has 0 aromatic carbocycles. The molecule has 0 radical (unpaired) electrons. The largest absolute Gasteiger partial charge is 0.465 e. The summed E-state index contributed by atoms with van der Waals surface area (Å²) in [5.41, 5.74) is 5.30. The summed E-state index contributed by atoms with van der Waals surface area (Å²) in [6, 6.07) is 0. The Bertz CT molecular complexity index is 288. The zero-order chi connectivity index (χ0) is 9.68. The molecule has 1 aromatic rings. The summed E-state index contributed by atoms with van der Waals surface area (Å²) in [5.74, 6) is 0.627. The van der Waals surface area contributed by atoms with Crippen molar-refractivity contribution in [2.75, 3.05) is 18.1 Å². The van der Waals surface area contributed by atoms with E-state index in [1.807, 2.05) is 0 Å². The number of aromatic nitrogens is 3. The average Bonchev–Trinajstić information content (AvgIpc) is 2.45.